The van der Waals surface area contributed by atoms with Crippen LogP contribution in [-0.4, -0.2) is 66.3 Å². The van der Waals surface area contributed by atoms with Crippen LogP contribution in [0.1, 0.15) is 47.8 Å². The lowest BCUT2D eigenvalue weighted by Crippen LogP contribution is -2.63. The molecule has 6 aromatic carbocycles. The third-order valence-corrected chi connectivity index (χ3v) is 11.0. The Labute approximate surface area is 407 Å². The van der Waals surface area contributed by atoms with E-state index in [-0.39, 0.29) is 59.2 Å². The second-order valence-electron chi connectivity index (χ2n) is 16.2. The standard InChI is InChI=1S/C55H48O16/c1-33(56)62-32-46-50(66-34(2)57)52(70-54(61)39-22-14-7-15-23-39)53(67-35(3)58)55(69-46)71-51-48(60)47-42(59)27-41(63-29-36-16-8-4-9-17-36)28-45(47)68-49(51)40-24-25-43(64-30-37-18-10-5-11-19-37)44(26-40)65-31-38-20-12-6-13-21-38/h4-28,46,50,52-53,55,59H,29-32H2,1-3H3/t46-,50-,52+,53-,55+/m1/s1. The van der Waals surface area contributed by atoms with E-state index in [1.165, 1.54) is 24.3 Å². The van der Waals surface area contributed by atoms with E-state index < -0.39 is 78.1 Å². The summed E-state index contributed by atoms with van der Waals surface area (Å²) in [5.41, 5.74) is 1.80. The maximum Gasteiger partial charge on any atom is 0.338 e. The summed E-state index contributed by atoms with van der Waals surface area (Å²) in [6.45, 7) is 3.13. The molecule has 16 nitrogen and oxygen atoms in total. The quantitative estimate of drug-likeness (QED) is 0.0632. The summed E-state index contributed by atoms with van der Waals surface area (Å²) in [6.07, 6.45) is -8.40. The van der Waals surface area contributed by atoms with Crippen LogP contribution in [0.4, 0.5) is 0 Å². The van der Waals surface area contributed by atoms with Crippen molar-refractivity contribution >= 4 is 34.8 Å². The van der Waals surface area contributed by atoms with Crippen LogP contribution in [0.2, 0.25) is 0 Å². The van der Waals surface area contributed by atoms with Crippen LogP contribution >= 0.6 is 0 Å². The molecule has 7 aromatic rings. The molecule has 2 heterocycles. The molecule has 16 heteroatoms. The Morgan fingerprint density at radius 3 is 1.70 bits per heavy atom. The number of benzene rings is 6. The first-order chi connectivity index (χ1) is 34.4. The van der Waals surface area contributed by atoms with E-state index in [2.05, 4.69) is 0 Å². The number of phenols is 1. The zero-order valence-electron chi connectivity index (χ0n) is 38.7. The molecule has 0 radical (unpaired) electrons. The maximum absolute atomic E-state index is 15.1. The van der Waals surface area contributed by atoms with Crippen molar-refractivity contribution in [3.63, 3.8) is 0 Å². The molecule has 0 amide bonds. The average molecular weight is 965 g/mol. The minimum atomic E-state index is -1.89. The molecule has 0 unspecified atom stereocenters. The number of aromatic hydroxyl groups is 1. The zero-order chi connectivity index (χ0) is 49.9. The number of carbonyl (C=O) groups excluding carboxylic acids is 4. The van der Waals surface area contributed by atoms with Gasteiger partial charge in [-0.25, -0.2) is 4.79 Å². The van der Waals surface area contributed by atoms with E-state index in [1.807, 2.05) is 91.0 Å². The molecule has 364 valence electrons. The van der Waals surface area contributed by atoms with Crippen LogP contribution < -0.4 is 24.4 Å². The van der Waals surface area contributed by atoms with E-state index in [9.17, 15) is 24.3 Å². The van der Waals surface area contributed by atoms with Crippen molar-refractivity contribution < 1.29 is 71.3 Å². The van der Waals surface area contributed by atoms with Crippen LogP contribution in [0.3, 0.4) is 0 Å². The second kappa shape index (κ2) is 22.7. The molecule has 1 aliphatic rings. The Kier molecular flexibility index (Phi) is 15.6. The molecule has 0 saturated carbocycles. The fourth-order valence-electron chi connectivity index (χ4n) is 7.71. The lowest BCUT2D eigenvalue weighted by Gasteiger charge is -2.44. The average Bonchev–Trinajstić information content (AvgIpc) is 3.37. The van der Waals surface area contributed by atoms with Crippen LogP contribution in [0.15, 0.2) is 161 Å². The third kappa shape index (κ3) is 12.3. The molecule has 0 aliphatic carbocycles. The molecule has 0 spiro atoms. The third-order valence-electron chi connectivity index (χ3n) is 11.0. The van der Waals surface area contributed by atoms with Gasteiger partial charge >= 0.3 is 23.9 Å². The van der Waals surface area contributed by atoms with Gasteiger partial charge < -0.3 is 52.2 Å². The minimum absolute atomic E-state index is 0.0812. The number of hydrogen-bond acceptors (Lipinski definition) is 16. The molecule has 5 atom stereocenters. The highest BCUT2D eigenvalue weighted by Crippen LogP contribution is 2.41. The van der Waals surface area contributed by atoms with E-state index in [1.54, 1.807) is 36.4 Å². The summed E-state index contributed by atoms with van der Waals surface area (Å²) >= 11 is 0. The Hall–Kier alpha value is -8.63. The Bertz CT molecular complexity index is 3030. The summed E-state index contributed by atoms with van der Waals surface area (Å²) in [5, 5.41) is 11.2. The summed E-state index contributed by atoms with van der Waals surface area (Å²) < 4.78 is 60.8. The highest BCUT2D eigenvalue weighted by Gasteiger charge is 2.54. The first kappa shape index (κ1) is 48.8. The zero-order valence-corrected chi connectivity index (χ0v) is 38.7. The normalized spacial score (nSPS) is 17.3. The number of carbonyl (C=O) groups is 4. The molecule has 71 heavy (non-hydrogen) atoms. The lowest BCUT2D eigenvalue weighted by atomic mass is 9.97. The molecular formula is C55H48O16. The Balaban J connectivity index is 1.27. The fraction of sp³-hybridized carbons (Fsp3) is 0.218. The summed E-state index contributed by atoms with van der Waals surface area (Å²) in [6, 6.07) is 43.5. The van der Waals surface area contributed by atoms with Crippen molar-refractivity contribution in [3.8, 4) is 40.1 Å². The topological polar surface area (TPSA) is 202 Å². The minimum Gasteiger partial charge on any atom is -0.507 e. The van der Waals surface area contributed by atoms with Crippen LogP contribution in [-0.2, 0) is 57.9 Å². The van der Waals surface area contributed by atoms with Gasteiger partial charge in [-0.2, -0.15) is 0 Å². The van der Waals surface area contributed by atoms with Crippen LogP contribution in [0.25, 0.3) is 22.3 Å². The SMILES string of the molecule is CC(=O)OC[C@H]1O[C@@H](Oc2c(-c3ccc(OCc4ccccc4)c(OCc4ccccc4)c3)oc3cc(OCc4ccccc4)cc(O)c3c2=O)[C@H](OC(C)=O)[C@@H](OC(=O)c2ccccc2)[C@@H]1OC(C)=O. The number of fused-ring (bicyclic) bond motifs is 1. The summed E-state index contributed by atoms with van der Waals surface area (Å²) in [7, 11) is 0. The maximum atomic E-state index is 15.1. The molecular weight excluding hydrogens is 917 g/mol. The number of ether oxygens (including phenoxy) is 9. The Morgan fingerprint density at radius 1 is 0.577 bits per heavy atom. The van der Waals surface area contributed by atoms with E-state index in [0.717, 1.165) is 37.5 Å². The lowest BCUT2D eigenvalue weighted by molar-refractivity contribution is -0.285. The number of hydrogen-bond donors (Lipinski definition) is 1. The largest absolute Gasteiger partial charge is 0.507 e. The van der Waals surface area contributed by atoms with Gasteiger partial charge in [0.25, 0.3) is 0 Å². The first-order valence-electron chi connectivity index (χ1n) is 22.4. The fourth-order valence-corrected chi connectivity index (χ4v) is 7.71. The molecule has 8 rings (SSSR count). The van der Waals surface area contributed by atoms with Gasteiger partial charge in [0, 0.05) is 38.5 Å². The summed E-state index contributed by atoms with van der Waals surface area (Å²) in [4.78, 5) is 66.7. The molecule has 0 bridgehead atoms. The molecule has 1 aromatic heterocycles. The van der Waals surface area contributed by atoms with Gasteiger partial charge in [0.05, 0.1) is 5.56 Å². The van der Waals surface area contributed by atoms with Gasteiger partial charge in [-0.3, -0.25) is 19.2 Å². The van der Waals surface area contributed by atoms with Gasteiger partial charge in [0.1, 0.15) is 55.0 Å². The second-order valence-corrected chi connectivity index (χ2v) is 16.2. The predicted octanol–water partition coefficient (Wildman–Crippen LogP) is 8.66. The first-order valence-corrected chi connectivity index (χ1v) is 22.4. The monoisotopic (exact) mass is 964 g/mol. The van der Waals surface area contributed by atoms with Crippen molar-refractivity contribution in [2.45, 2.75) is 71.3 Å². The van der Waals surface area contributed by atoms with Gasteiger partial charge in [-0.1, -0.05) is 109 Å². The van der Waals surface area contributed by atoms with Crippen molar-refractivity contribution in [1.82, 2.24) is 0 Å². The van der Waals surface area contributed by atoms with E-state index in [4.69, 9.17) is 47.0 Å². The number of rotatable bonds is 18. The van der Waals surface area contributed by atoms with Gasteiger partial charge in [0.15, 0.2) is 29.5 Å². The van der Waals surface area contributed by atoms with Crippen molar-refractivity contribution in [3.05, 3.63) is 184 Å². The van der Waals surface area contributed by atoms with Gasteiger partial charge in [-0.15, -0.1) is 0 Å². The smallest absolute Gasteiger partial charge is 0.338 e. The number of phenolic OH excluding ortho intramolecular Hbond substituents is 1. The van der Waals surface area contributed by atoms with E-state index >= 15 is 4.79 Å². The highest BCUT2D eigenvalue weighted by molar-refractivity contribution is 5.90. The predicted molar refractivity (Wildman–Crippen MR) is 255 cm³/mol. The van der Waals surface area contributed by atoms with Crippen molar-refractivity contribution in [2.75, 3.05) is 6.61 Å². The molecule has 1 saturated heterocycles. The number of esters is 4. The molecule has 1 fully saturated rings. The van der Waals surface area contributed by atoms with Gasteiger partial charge in [-0.05, 0) is 47.0 Å². The summed E-state index contributed by atoms with van der Waals surface area (Å²) in [5.74, 6) is -4.03. The van der Waals surface area contributed by atoms with Crippen LogP contribution in [0, 0.1) is 0 Å². The Morgan fingerprint density at radius 2 is 1.13 bits per heavy atom. The van der Waals surface area contributed by atoms with Crippen LogP contribution in [0.5, 0.6) is 28.7 Å². The molecule has 1 aliphatic heterocycles. The van der Waals surface area contributed by atoms with E-state index in [0.29, 0.717) is 5.75 Å². The van der Waals surface area contributed by atoms with Gasteiger partial charge in [0.2, 0.25) is 23.6 Å². The van der Waals surface area contributed by atoms with Crippen molar-refractivity contribution in [1.29, 1.82) is 0 Å². The molecule has 1 N–H and O–H groups in total. The van der Waals surface area contributed by atoms with Crippen molar-refractivity contribution in [2.24, 2.45) is 0 Å². The highest BCUT2D eigenvalue weighted by atomic mass is 16.7.